The third-order valence-electron chi connectivity index (χ3n) is 3.92. The standard InChI is InChI=1S/C16H22N2O2S/c1-11-14(19)18(10-6-9-16(2,3)15(17)21)12-7-4-5-8-13(12)20-11/h4-5,7-8,11H,6,9-10H2,1-3H3,(H2,17,21). The van der Waals surface area contributed by atoms with E-state index in [2.05, 4.69) is 0 Å². The van der Waals surface area contributed by atoms with Gasteiger partial charge in [0.05, 0.1) is 10.7 Å². The van der Waals surface area contributed by atoms with Gasteiger partial charge in [0.1, 0.15) is 5.75 Å². The van der Waals surface area contributed by atoms with Crippen molar-refractivity contribution in [3.05, 3.63) is 24.3 Å². The molecular formula is C16H22N2O2S. The number of benzene rings is 1. The fraction of sp³-hybridized carbons (Fsp3) is 0.500. The molecule has 1 amide bonds. The first kappa shape index (κ1) is 15.8. The molecule has 21 heavy (non-hydrogen) atoms. The van der Waals surface area contributed by atoms with Crippen molar-refractivity contribution in [1.29, 1.82) is 0 Å². The molecule has 1 atom stereocenters. The van der Waals surface area contributed by atoms with Crippen molar-refractivity contribution >= 4 is 28.8 Å². The average molecular weight is 306 g/mol. The third-order valence-corrected chi connectivity index (χ3v) is 4.48. The Hall–Kier alpha value is -1.62. The van der Waals surface area contributed by atoms with Crippen molar-refractivity contribution in [2.24, 2.45) is 11.1 Å². The summed E-state index contributed by atoms with van der Waals surface area (Å²) < 4.78 is 5.63. The van der Waals surface area contributed by atoms with Gasteiger partial charge in [0, 0.05) is 12.0 Å². The van der Waals surface area contributed by atoms with Gasteiger partial charge in [-0.05, 0) is 31.9 Å². The van der Waals surface area contributed by atoms with E-state index in [4.69, 9.17) is 22.7 Å². The number of rotatable bonds is 5. The molecule has 0 spiro atoms. The minimum Gasteiger partial charge on any atom is -0.479 e. The number of carbonyl (C=O) groups is 1. The van der Waals surface area contributed by atoms with Gasteiger partial charge in [-0.2, -0.15) is 0 Å². The Balaban J connectivity index is 2.09. The third kappa shape index (κ3) is 3.35. The molecule has 1 heterocycles. The van der Waals surface area contributed by atoms with E-state index in [0.29, 0.717) is 11.5 Å². The molecule has 4 nitrogen and oxygen atoms in total. The minimum absolute atomic E-state index is 0.00170. The summed E-state index contributed by atoms with van der Waals surface area (Å²) in [6.45, 7) is 6.50. The number of nitrogens with zero attached hydrogens (tertiary/aromatic N) is 1. The number of nitrogens with two attached hydrogens (primary N) is 1. The van der Waals surface area contributed by atoms with Crippen molar-refractivity contribution in [1.82, 2.24) is 0 Å². The normalized spacial score (nSPS) is 18.1. The maximum atomic E-state index is 12.3. The summed E-state index contributed by atoms with van der Waals surface area (Å²) >= 11 is 5.08. The molecule has 0 bridgehead atoms. The zero-order chi connectivity index (χ0) is 15.6. The molecule has 1 aliphatic heterocycles. The predicted octanol–water partition coefficient (Wildman–Crippen LogP) is 2.89. The molecule has 1 aromatic rings. The molecule has 0 radical (unpaired) electrons. The number of amides is 1. The molecule has 2 rings (SSSR count). The molecule has 0 aromatic heterocycles. The fourth-order valence-electron chi connectivity index (χ4n) is 2.39. The van der Waals surface area contributed by atoms with Gasteiger partial charge in [-0.15, -0.1) is 0 Å². The Labute approximate surface area is 131 Å². The van der Waals surface area contributed by atoms with E-state index >= 15 is 0 Å². The van der Waals surface area contributed by atoms with Crippen LogP contribution in [0.25, 0.3) is 0 Å². The molecule has 0 fully saturated rings. The van der Waals surface area contributed by atoms with E-state index in [9.17, 15) is 4.79 Å². The van der Waals surface area contributed by atoms with Crippen LogP contribution in [-0.2, 0) is 4.79 Å². The van der Waals surface area contributed by atoms with Crippen molar-refractivity contribution < 1.29 is 9.53 Å². The number of hydrogen-bond donors (Lipinski definition) is 1. The lowest BCUT2D eigenvalue weighted by Crippen LogP contribution is -2.45. The summed E-state index contributed by atoms with van der Waals surface area (Å²) in [6, 6.07) is 7.63. The summed E-state index contributed by atoms with van der Waals surface area (Å²) in [7, 11) is 0. The Morgan fingerprint density at radius 2 is 2.10 bits per heavy atom. The first-order valence-corrected chi connectivity index (χ1v) is 7.61. The van der Waals surface area contributed by atoms with Crippen molar-refractivity contribution in [2.75, 3.05) is 11.4 Å². The second-order valence-corrected chi connectivity index (χ2v) is 6.51. The molecule has 114 valence electrons. The Morgan fingerprint density at radius 1 is 1.43 bits per heavy atom. The van der Waals surface area contributed by atoms with E-state index in [1.54, 1.807) is 11.8 Å². The van der Waals surface area contributed by atoms with Gasteiger partial charge >= 0.3 is 0 Å². The number of hydrogen-bond acceptors (Lipinski definition) is 3. The molecule has 1 aromatic carbocycles. The van der Waals surface area contributed by atoms with Gasteiger partial charge in [0.25, 0.3) is 5.91 Å². The lowest BCUT2D eigenvalue weighted by Gasteiger charge is -2.33. The number of carbonyl (C=O) groups excluding carboxylic acids is 1. The van der Waals surface area contributed by atoms with Crippen LogP contribution in [0.15, 0.2) is 24.3 Å². The summed E-state index contributed by atoms with van der Waals surface area (Å²) in [5.41, 5.74) is 6.40. The van der Waals surface area contributed by atoms with Gasteiger partial charge in [-0.25, -0.2) is 0 Å². The van der Waals surface area contributed by atoms with Crippen LogP contribution in [0.3, 0.4) is 0 Å². The largest absolute Gasteiger partial charge is 0.479 e. The predicted molar refractivity (Wildman–Crippen MR) is 88.7 cm³/mol. The van der Waals surface area contributed by atoms with Gasteiger partial charge in [-0.1, -0.05) is 38.2 Å². The number of thiocarbonyl (C=S) groups is 1. The van der Waals surface area contributed by atoms with Crippen LogP contribution < -0.4 is 15.4 Å². The highest BCUT2D eigenvalue weighted by Crippen LogP contribution is 2.34. The van der Waals surface area contributed by atoms with Crippen LogP contribution >= 0.6 is 12.2 Å². The number of anilines is 1. The topological polar surface area (TPSA) is 55.6 Å². The summed E-state index contributed by atoms with van der Waals surface area (Å²) in [6.07, 6.45) is 1.25. The lowest BCUT2D eigenvalue weighted by atomic mass is 9.88. The maximum Gasteiger partial charge on any atom is 0.267 e. The molecule has 5 heteroatoms. The average Bonchev–Trinajstić information content (AvgIpc) is 2.42. The molecule has 2 N–H and O–H groups in total. The fourth-order valence-corrected chi connectivity index (χ4v) is 2.49. The summed E-state index contributed by atoms with van der Waals surface area (Å²) in [4.78, 5) is 14.7. The van der Waals surface area contributed by atoms with E-state index in [0.717, 1.165) is 24.3 Å². The van der Waals surface area contributed by atoms with Gasteiger partial charge in [0.2, 0.25) is 0 Å². The number of ether oxygens (including phenoxy) is 1. The minimum atomic E-state index is -0.441. The molecule has 0 aliphatic carbocycles. The monoisotopic (exact) mass is 306 g/mol. The second-order valence-electron chi connectivity index (χ2n) is 6.07. The van der Waals surface area contributed by atoms with E-state index in [-0.39, 0.29) is 11.3 Å². The van der Waals surface area contributed by atoms with Crippen LogP contribution in [0.1, 0.15) is 33.6 Å². The zero-order valence-electron chi connectivity index (χ0n) is 12.8. The molecule has 1 unspecified atom stereocenters. The number of fused-ring (bicyclic) bond motifs is 1. The molecule has 1 aliphatic rings. The quantitative estimate of drug-likeness (QED) is 0.850. The van der Waals surface area contributed by atoms with Crippen LogP contribution in [0.5, 0.6) is 5.75 Å². The first-order chi connectivity index (χ1) is 9.83. The molecule has 0 saturated carbocycles. The molecular weight excluding hydrogens is 284 g/mol. The SMILES string of the molecule is CC1Oc2ccccc2N(CCCC(C)(C)C(N)=S)C1=O. The van der Waals surface area contributed by atoms with Crippen LogP contribution in [0.2, 0.25) is 0 Å². The van der Waals surface area contributed by atoms with Gasteiger partial charge in [-0.3, -0.25) is 4.79 Å². The van der Waals surface area contributed by atoms with Crippen molar-refractivity contribution in [2.45, 2.75) is 39.7 Å². The summed E-state index contributed by atoms with van der Waals surface area (Å²) in [5.74, 6) is 0.764. The van der Waals surface area contributed by atoms with Crippen molar-refractivity contribution in [3.63, 3.8) is 0 Å². The first-order valence-electron chi connectivity index (χ1n) is 7.20. The Bertz CT molecular complexity index is 557. The maximum absolute atomic E-state index is 12.3. The van der Waals surface area contributed by atoms with Gasteiger partial charge in [0.15, 0.2) is 6.10 Å². The second kappa shape index (κ2) is 6.02. The van der Waals surface area contributed by atoms with Crippen LogP contribution in [0, 0.1) is 5.41 Å². The Morgan fingerprint density at radius 3 is 2.76 bits per heavy atom. The highest BCUT2D eigenvalue weighted by molar-refractivity contribution is 7.80. The summed E-state index contributed by atoms with van der Waals surface area (Å²) in [5, 5.41) is 0. The Kier molecular flexibility index (Phi) is 4.52. The van der Waals surface area contributed by atoms with Crippen LogP contribution in [0.4, 0.5) is 5.69 Å². The van der Waals surface area contributed by atoms with Gasteiger partial charge < -0.3 is 15.4 Å². The van der Waals surface area contributed by atoms with E-state index in [1.165, 1.54) is 0 Å². The van der Waals surface area contributed by atoms with Crippen LogP contribution in [-0.4, -0.2) is 23.5 Å². The smallest absolute Gasteiger partial charge is 0.267 e. The molecule has 0 saturated heterocycles. The van der Waals surface area contributed by atoms with E-state index in [1.807, 2.05) is 38.1 Å². The highest BCUT2D eigenvalue weighted by atomic mass is 32.1. The van der Waals surface area contributed by atoms with Crippen molar-refractivity contribution in [3.8, 4) is 5.75 Å². The lowest BCUT2D eigenvalue weighted by molar-refractivity contribution is -0.125. The van der Waals surface area contributed by atoms with E-state index < -0.39 is 6.10 Å². The highest BCUT2D eigenvalue weighted by Gasteiger charge is 2.31. The zero-order valence-corrected chi connectivity index (χ0v) is 13.6. The number of para-hydroxylation sites is 2.